The average Bonchev–Trinajstić information content (AvgIpc) is 2.69. The van der Waals surface area contributed by atoms with Crippen molar-refractivity contribution in [2.75, 3.05) is 7.05 Å². The van der Waals surface area contributed by atoms with Gasteiger partial charge in [0.25, 0.3) is 0 Å². The Bertz CT molecular complexity index is 845. The Morgan fingerprint density at radius 1 is 1.19 bits per heavy atom. The standard InChI is InChI=1S/C25H39N3O4/c1-24(2,3)22(25(4,5)6)21(30)16-12-18(32-31)19(17(13-29)20(16)28-7)14-8-10-15(11-9-14)23(26)27/h12,14-15,19,22,28,31H,8-11H2,1-7H3,(H3,26,27). The zero-order valence-corrected chi connectivity index (χ0v) is 20.5. The molecule has 7 heteroatoms. The zero-order chi connectivity index (χ0) is 24.4. The van der Waals surface area contributed by atoms with Gasteiger partial charge < -0.3 is 15.9 Å². The Morgan fingerprint density at radius 2 is 1.72 bits per heavy atom. The number of Topliss-reactive ketones (excluding diaryl/α,β-unsaturated/α-hetero) is 1. The van der Waals surface area contributed by atoms with Crippen molar-refractivity contribution in [2.45, 2.75) is 67.2 Å². The van der Waals surface area contributed by atoms with Gasteiger partial charge in [0.1, 0.15) is 5.94 Å². The summed E-state index contributed by atoms with van der Waals surface area (Å²) in [5, 5.41) is 20.5. The first-order valence-electron chi connectivity index (χ1n) is 11.4. The number of likely N-dealkylation sites (N-methyl/N-ethyl adjacent to an activating group) is 1. The molecule has 2 aliphatic carbocycles. The number of amidine groups is 1. The molecule has 0 heterocycles. The van der Waals surface area contributed by atoms with E-state index < -0.39 is 5.92 Å². The number of rotatable bonds is 6. The predicted octanol–water partition coefficient (Wildman–Crippen LogP) is 4.24. The van der Waals surface area contributed by atoms with Crippen LogP contribution in [0.4, 0.5) is 0 Å². The molecule has 1 atom stereocenters. The van der Waals surface area contributed by atoms with Crippen molar-refractivity contribution in [2.24, 2.45) is 40.2 Å². The number of hydrogen-bond donors (Lipinski definition) is 4. The molecule has 0 spiro atoms. The number of nitrogens with two attached hydrogens (primary N) is 1. The molecular formula is C25H39N3O4. The maximum absolute atomic E-state index is 13.8. The first-order valence-corrected chi connectivity index (χ1v) is 11.4. The third kappa shape index (κ3) is 5.16. The minimum atomic E-state index is -0.507. The molecular weight excluding hydrogens is 406 g/mol. The van der Waals surface area contributed by atoms with Gasteiger partial charge in [-0.1, -0.05) is 41.5 Å². The summed E-state index contributed by atoms with van der Waals surface area (Å²) >= 11 is 0. The van der Waals surface area contributed by atoms with Gasteiger partial charge in [0.15, 0.2) is 11.5 Å². The van der Waals surface area contributed by atoms with E-state index in [9.17, 15) is 14.8 Å². The number of allylic oxidation sites excluding steroid dienone is 4. The van der Waals surface area contributed by atoms with Crippen molar-refractivity contribution in [1.82, 2.24) is 5.32 Å². The van der Waals surface area contributed by atoms with Crippen LogP contribution in [0.5, 0.6) is 0 Å². The monoisotopic (exact) mass is 445 g/mol. The third-order valence-corrected chi connectivity index (χ3v) is 6.85. The second kappa shape index (κ2) is 9.63. The highest BCUT2D eigenvalue weighted by Gasteiger charge is 2.45. The lowest BCUT2D eigenvalue weighted by atomic mass is 9.62. The Morgan fingerprint density at radius 3 is 2.09 bits per heavy atom. The molecule has 32 heavy (non-hydrogen) atoms. The highest BCUT2D eigenvalue weighted by atomic mass is 17.1. The van der Waals surface area contributed by atoms with Crippen LogP contribution >= 0.6 is 0 Å². The molecule has 178 valence electrons. The number of hydrogen-bond acceptors (Lipinski definition) is 6. The molecule has 0 aromatic heterocycles. The maximum Gasteiger partial charge on any atom is 0.169 e. The van der Waals surface area contributed by atoms with Crippen LogP contribution in [-0.2, 0) is 14.5 Å². The van der Waals surface area contributed by atoms with Gasteiger partial charge in [-0.15, -0.1) is 0 Å². The molecule has 0 radical (unpaired) electrons. The minimum Gasteiger partial charge on any atom is -0.387 e. The first kappa shape index (κ1) is 25.9. The smallest absolute Gasteiger partial charge is 0.169 e. The largest absolute Gasteiger partial charge is 0.387 e. The van der Waals surface area contributed by atoms with Gasteiger partial charge in [0.2, 0.25) is 0 Å². The van der Waals surface area contributed by atoms with Crippen LogP contribution in [0.15, 0.2) is 28.7 Å². The Balaban J connectivity index is 2.53. The molecule has 0 aliphatic heterocycles. The van der Waals surface area contributed by atoms with Gasteiger partial charge in [0.05, 0.1) is 23.0 Å². The molecule has 1 saturated carbocycles. The summed E-state index contributed by atoms with van der Waals surface area (Å²) in [6.45, 7) is 12.2. The highest BCUT2D eigenvalue weighted by molar-refractivity contribution is 6.03. The first-order chi connectivity index (χ1) is 14.8. The fourth-order valence-corrected chi connectivity index (χ4v) is 5.88. The summed E-state index contributed by atoms with van der Waals surface area (Å²) < 4.78 is 0. The van der Waals surface area contributed by atoms with E-state index in [4.69, 9.17) is 16.0 Å². The average molecular weight is 446 g/mol. The van der Waals surface area contributed by atoms with E-state index in [2.05, 4.69) is 5.32 Å². The van der Waals surface area contributed by atoms with Crippen molar-refractivity contribution in [3.05, 3.63) is 28.7 Å². The van der Waals surface area contributed by atoms with E-state index >= 15 is 0 Å². The summed E-state index contributed by atoms with van der Waals surface area (Å²) in [7, 11) is 1.69. The van der Waals surface area contributed by atoms with Crippen LogP contribution in [-0.4, -0.2) is 29.9 Å². The predicted molar refractivity (Wildman–Crippen MR) is 125 cm³/mol. The van der Waals surface area contributed by atoms with Crippen LogP contribution < -0.4 is 11.1 Å². The van der Waals surface area contributed by atoms with Gasteiger partial charge in [-0.25, -0.2) is 10.1 Å². The second-order valence-corrected chi connectivity index (χ2v) is 11.3. The summed E-state index contributed by atoms with van der Waals surface area (Å²) in [5.41, 5.74) is 6.12. The number of carbonyl (C=O) groups excluding carboxylic acids is 2. The van der Waals surface area contributed by atoms with Crippen LogP contribution in [0.25, 0.3) is 0 Å². The molecule has 7 nitrogen and oxygen atoms in total. The van der Waals surface area contributed by atoms with Crippen LogP contribution in [0.2, 0.25) is 0 Å². The molecule has 0 amide bonds. The lowest BCUT2D eigenvalue weighted by Crippen LogP contribution is -2.41. The summed E-state index contributed by atoms with van der Waals surface area (Å²) in [6, 6.07) is 0. The Hall–Kier alpha value is -2.37. The topological polar surface area (TPSA) is 126 Å². The number of ketones is 1. The van der Waals surface area contributed by atoms with Crippen LogP contribution in [0, 0.1) is 39.9 Å². The Labute approximate surface area is 191 Å². The fraction of sp³-hybridized carbons (Fsp3) is 0.680. The van der Waals surface area contributed by atoms with Crippen molar-refractivity contribution >= 4 is 17.6 Å². The Kier molecular flexibility index (Phi) is 7.79. The second-order valence-electron chi connectivity index (χ2n) is 11.3. The van der Waals surface area contributed by atoms with E-state index in [1.54, 1.807) is 13.1 Å². The van der Waals surface area contributed by atoms with E-state index in [0.29, 0.717) is 16.8 Å². The van der Waals surface area contributed by atoms with E-state index in [1.165, 1.54) is 0 Å². The van der Waals surface area contributed by atoms with E-state index in [-0.39, 0.29) is 46.0 Å². The van der Waals surface area contributed by atoms with Gasteiger partial charge in [-0.3, -0.25) is 10.2 Å². The summed E-state index contributed by atoms with van der Waals surface area (Å²) in [4.78, 5) is 30.8. The molecule has 1 unspecified atom stereocenters. The summed E-state index contributed by atoms with van der Waals surface area (Å²) in [5.74, 6) is 1.54. The fourth-order valence-electron chi connectivity index (χ4n) is 5.88. The van der Waals surface area contributed by atoms with Gasteiger partial charge in [-0.05, 0) is 48.5 Å². The normalized spacial score (nSPS) is 24.7. The lowest BCUT2D eigenvalue weighted by molar-refractivity contribution is -0.212. The molecule has 2 aliphatic rings. The number of nitrogens with one attached hydrogen (secondary N) is 2. The maximum atomic E-state index is 13.8. The SMILES string of the molecule is CNC1=C(C(=O)C(C(C)(C)C)C(C)(C)C)C=C(OO)C(C2CCC(C(=N)N)CC2)C1=C=O. The lowest BCUT2D eigenvalue weighted by Gasteiger charge is -2.41. The van der Waals surface area contributed by atoms with Gasteiger partial charge >= 0.3 is 0 Å². The van der Waals surface area contributed by atoms with Gasteiger partial charge in [-0.2, -0.15) is 0 Å². The van der Waals surface area contributed by atoms with Crippen molar-refractivity contribution in [3.8, 4) is 0 Å². The van der Waals surface area contributed by atoms with Crippen molar-refractivity contribution in [3.63, 3.8) is 0 Å². The highest BCUT2D eigenvalue weighted by Crippen LogP contribution is 2.47. The minimum absolute atomic E-state index is 0.0153. The van der Waals surface area contributed by atoms with Crippen LogP contribution in [0.3, 0.4) is 0 Å². The molecule has 0 aromatic rings. The third-order valence-electron chi connectivity index (χ3n) is 6.85. The van der Waals surface area contributed by atoms with Crippen molar-refractivity contribution in [1.29, 1.82) is 5.41 Å². The van der Waals surface area contributed by atoms with Crippen molar-refractivity contribution < 1.29 is 19.7 Å². The molecule has 2 rings (SSSR count). The molecule has 0 bridgehead atoms. The molecule has 1 fully saturated rings. The van der Waals surface area contributed by atoms with E-state index in [1.807, 2.05) is 47.5 Å². The molecule has 0 aromatic carbocycles. The molecule has 0 saturated heterocycles. The quantitative estimate of drug-likeness (QED) is 0.159. The molecule has 5 N–H and O–H groups in total. The van der Waals surface area contributed by atoms with Gasteiger partial charge in [0, 0.05) is 24.5 Å². The summed E-state index contributed by atoms with van der Waals surface area (Å²) in [6.07, 6.45) is 4.52. The van der Waals surface area contributed by atoms with Crippen LogP contribution in [0.1, 0.15) is 67.2 Å². The number of carbonyl (C=O) groups is 1. The van der Waals surface area contributed by atoms with E-state index in [0.717, 1.165) is 25.7 Å². The zero-order valence-electron chi connectivity index (χ0n) is 20.5.